The average Bonchev–Trinajstić information content (AvgIpc) is 2.88. The lowest BCUT2D eigenvalue weighted by atomic mass is 10.2. The van der Waals surface area contributed by atoms with Gasteiger partial charge in [-0.15, -0.1) is 10.2 Å². The molecule has 0 bridgehead atoms. The van der Waals surface area contributed by atoms with Gasteiger partial charge in [0, 0.05) is 0 Å². The lowest BCUT2D eigenvalue weighted by Gasteiger charge is -2.12. The van der Waals surface area contributed by atoms with Gasteiger partial charge in [-0.05, 0) is 31.5 Å². The van der Waals surface area contributed by atoms with Gasteiger partial charge in [0.15, 0.2) is 5.82 Å². The second kappa shape index (κ2) is 5.13. The van der Waals surface area contributed by atoms with E-state index in [0.29, 0.717) is 0 Å². The summed E-state index contributed by atoms with van der Waals surface area (Å²) in [6, 6.07) is 1.58. The number of sulfonamides is 1. The van der Waals surface area contributed by atoms with E-state index in [1.54, 1.807) is 6.92 Å². The Kier molecular flexibility index (Phi) is 3.68. The van der Waals surface area contributed by atoms with E-state index in [1.807, 2.05) is 0 Å². The molecule has 0 spiro atoms. The summed E-state index contributed by atoms with van der Waals surface area (Å²) in [6.45, 7) is 3.00. The molecule has 1 unspecified atom stereocenters. The van der Waals surface area contributed by atoms with Gasteiger partial charge in [0.2, 0.25) is 10.0 Å². The van der Waals surface area contributed by atoms with Gasteiger partial charge in [-0.1, -0.05) is 5.21 Å². The largest absolute Gasteiger partial charge is 0.396 e. The highest BCUT2D eigenvalue weighted by Gasteiger charge is 2.22. The number of aromatic amines is 1. The van der Waals surface area contributed by atoms with E-state index in [9.17, 15) is 12.8 Å². The fraction of sp³-hybridized carbons (Fsp3) is 0.300. The maximum Gasteiger partial charge on any atom is 0.241 e. The summed E-state index contributed by atoms with van der Waals surface area (Å²) in [5.74, 6) is -0.435. The molecule has 0 aliphatic heterocycles. The molecule has 0 aliphatic carbocycles. The number of nitrogens with zero attached hydrogens (tertiary/aromatic N) is 3. The minimum atomic E-state index is -3.87. The number of hydrogen-bond donors (Lipinski definition) is 3. The molecule has 2 aromatic rings. The summed E-state index contributed by atoms with van der Waals surface area (Å²) in [4.78, 5) is -0.121. The number of rotatable bonds is 4. The molecule has 1 aromatic carbocycles. The molecule has 0 aliphatic rings. The molecule has 10 heteroatoms. The molecule has 108 valence electrons. The summed E-state index contributed by atoms with van der Waals surface area (Å²) in [5.41, 5.74) is 5.36. The van der Waals surface area contributed by atoms with Crippen molar-refractivity contribution in [3.8, 4) is 0 Å². The lowest BCUT2D eigenvalue weighted by Crippen LogP contribution is -2.28. The van der Waals surface area contributed by atoms with Crippen LogP contribution in [0.5, 0.6) is 0 Å². The smallest absolute Gasteiger partial charge is 0.241 e. The van der Waals surface area contributed by atoms with Gasteiger partial charge in [0.05, 0.1) is 16.6 Å². The average molecular weight is 300 g/mol. The zero-order valence-corrected chi connectivity index (χ0v) is 11.6. The SMILES string of the molecule is Cc1cc(S(=O)(=O)NC(C)c2nn[nH]n2)cc(N)c1F. The van der Waals surface area contributed by atoms with E-state index >= 15 is 0 Å². The lowest BCUT2D eigenvalue weighted by molar-refractivity contribution is 0.559. The Morgan fingerprint density at radius 2 is 2.15 bits per heavy atom. The molecule has 1 atom stereocenters. The first-order valence-corrected chi connectivity index (χ1v) is 7.11. The van der Waals surface area contributed by atoms with Crippen molar-refractivity contribution in [2.45, 2.75) is 24.8 Å². The van der Waals surface area contributed by atoms with Crippen molar-refractivity contribution in [2.75, 3.05) is 5.73 Å². The number of aromatic nitrogens is 4. The van der Waals surface area contributed by atoms with Gasteiger partial charge in [0.1, 0.15) is 5.82 Å². The molecule has 8 nitrogen and oxygen atoms in total. The Balaban J connectivity index is 2.31. The number of aryl methyl sites for hydroxylation is 1. The molecule has 1 aromatic heterocycles. The zero-order valence-electron chi connectivity index (χ0n) is 10.8. The fourth-order valence-corrected chi connectivity index (χ4v) is 2.95. The first kappa shape index (κ1) is 14.3. The number of anilines is 1. The number of nitrogens with two attached hydrogens (primary N) is 1. The highest BCUT2D eigenvalue weighted by Crippen LogP contribution is 2.22. The van der Waals surface area contributed by atoms with Crippen LogP contribution in [0.1, 0.15) is 24.4 Å². The van der Waals surface area contributed by atoms with Crippen LogP contribution in [0.15, 0.2) is 17.0 Å². The molecule has 0 saturated heterocycles. The van der Waals surface area contributed by atoms with Crippen LogP contribution in [0.4, 0.5) is 10.1 Å². The normalized spacial score (nSPS) is 13.3. The molecular weight excluding hydrogens is 287 g/mol. The van der Waals surface area contributed by atoms with Gasteiger partial charge in [-0.25, -0.2) is 17.5 Å². The van der Waals surface area contributed by atoms with Gasteiger partial charge in [-0.3, -0.25) is 0 Å². The Hall–Kier alpha value is -2.07. The number of nitrogen functional groups attached to an aromatic ring is 1. The summed E-state index contributed by atoms with van der Waals surface area (Å²) in [7, 11) is -3.87. The van der Waals surface area contributed by atoms with Crippen LogP contribution in [0.2, 0.25) is 0 Å². The predicted molar refractivity (Wildman–Crippen MR) is 68.5 cm³/mol. The van der Waals surface area contributed by atoms with Gasteiger partial charge < -0.3 is 5.73 Å². The summed E-state index contributed by atoms with van der Waals surface area (Å²) in [5, 5.41) is 12.9. The van der Waals surface area contributed by atoms with Crippen LogP contribution in [0.25, 0.3) is 0 Å². The Morgan fingerprint density at radius 1 is 1.45 bits per heavy atom. The molecule has 20 heavy (non-hydrogen) atoms. The van der Waals surface area contributed by atoms with Gasteiger partial charge >= 0.3 is 0 Å². The number of benzene rings is 1. The number of tetrazole rings is 1. The van der Waals surface area contributed by atoms with E-state index in [2.05, 4.69) is 25.3 Å². The fourth-order valence-electron chi connectivity index (χ4n) is 1.62. The van der Waals surface area contributed by atoms with Crippen LogP contribution in [-0.2, 0) is 10.0 Å². The van der Waals surface area contributed by atoms with E-state index in [1.165, 1.54) is 13.0 Å². The van der Waals surface area contributed by atoms with Crippen molar-refractivity contribution in [3.05, 3.63) is 29.3 Å². The molecule has 2 rings (SSSR count). The number of halogens is 1. The third kappa shape index (κ3) is 2.75. The van der Waals surface area contributed by atoms with E-state index in [4.69, 9.17) is 5.73 Å². The quantitative estimate of drug-likeness (QED) is 0.695. The number of nitrogens with one attached hydrogen (secondary N) is 2. The summed E-state index contributed by atoms with van der Waals surface area (Å²) >= 11 is 0. The summed E-state index contributed by atoms with van der Waals surface area (Å²) < 4.78 is 40.1. The first-order chi connectivity index (χ1) is 9.31. The molecule has 0 fully saturated rings. The topological polar surface area (TPSA) is 127 Å². The zero-order chi connectivity index (χ0) is 14.9. The van der Waals surface area contributed by atoms with E-state index in [-0.39, 0.29) is 22.0 Å². The van der Waals surface area contributed by atoms with Crippen molar-refractivity contribution in [1.82, 2.24) is 25.3 Å². The van der Waals surface area contributed by atoms with Crippen LogP contribution in [-0.4, -0.2) is 29.0 Å². The number of hydrogen-bond acceptors (Lipinski definition) is 6. The second-order valence-corrected chi connectivity index (χ2v) is 5.97. The van der Waals surface area contributed by atoms with Gasteiger partial charge in [0.25, 0.3) is 0 Å². The first-order valence-electron chi connectivity index (χ1n) is 5.62. The monoisotopic (exact) mass is 300 g/mol. The minimum Gasteiger partial charge on any atom is -0.396 e. The second-order valence-electron chi connectivity index (χ2n) is 4.26. The van der Waals surface area contributed by atoms with Crippen molar-refractivity contribution in [1.29, 1.82) is 0 Å². The minimum absolute atomic E-state index is 0.121. The highest BCUT2D eigenvalue weighted by molar-refractivity contribution is 7.89. The Labute approximate surface area is 114 Å². The Morgan fingerprint density at radius 3 is 2.70 bits per heavy atom. The van der Waals surface area contributed by atoms with Crippen LogP contribution in [0.3, 0.4) is 0 Å². The number of H-pyrrole nitrogens is 1. The van der Waals surface area contributed by atoms with E-state index in [0.717, 1.165) is 6.07 Å². The molecule has 4 N–H and O–H groups in total. The van der Waals surface area contributed by atoms with Crippen LogP contribution in [0, 0.1) is 12.7 Å². The third-order valence-electron chi connectivity index (χ3n) is 2.65. The molecule has 1 heterocycles. The molecular formula is C10H13FN6O2S. The predicted octanol–water partition coefficient (Wildman–Crippen LogP) is 0.269. The van der Waals surface area contributed by atoms with Crippen LogP contribution >= 0.6 is 0 Å². The maximum absolute atomic E-state index is 13.4. The standard InChI is InChI=1S/C10H13FN6O2S/c1-5-3-7(4-8(12)9(5)11)20(18,19)15-6(2)10-13-16-17-14-10/h3-4,6,15H,12H2,1-2H3,(H,13,14,16,17). The molecule has 0 saturated carbocycles. The van der Waals surface area contributed by atoms with Gasteiger partial charge in [-0.2, -0.15) is 5.21 Å². The van der Waals surface area contributed by atoms with Crippen molar-refractivity contribution < 1.29 is 12.8 Å². The molecule has 0 radical (unpaired) electrons. The third-order valence-corrected chi connectivity index (χ3v) is 4.17. The van der Waals surface area contributed by atoms with Crippen molar-refractivity contribution in [3.63, 3.8) is 0 Å². The van der Waals surface area contributed by atoms with E-state index < -0.39 is 21.9 Å². The Bertz CT molecular complexity index is 692. The maximum atomic E-state index is 13.4. The van der Waals surface area contributed by atoms with Crippen molar-refractivity contribution >= 4 is 15.7 Å². The van der Waals surface area contributed by atoms with Crippen molar-refractivity contribution in [2.24, 2.45) is 0 Å². The van der Waals surface area contributed by atoms with Crippen LogP contribution < -0.4 is 10.5 Å². The summed E-state index contributed by atoms with van der Waals surface area (Å²) in [6.07, 6.45) is 0. The molecule has 0 amide bonds. The highest BCUT2D eigenvalue weighted by atomic mass is 32.2.